The summed E-state index contributed by atoms with van der Waals surface area (Å²) in [5.41, 5.74) is 1.45. The van der Waals surface area contributed by atoms with Crippen molar-refractivity contribution in [2.45, 2.75) is 45.4 Å². The summed E-state index contributed by atoms with van der Waals surface area (Å²) in [6.07, 6.45) is 10.3. The van der Waals surface area contributed by atoms with Crippen molar-refractivity contribution >= 4 is 29.0 Å². The smallest absolute Gasteiger partial charge is 0.0439 e. The number of alkyl halides is 1. The largest absolute Gasteiger partial charge is 0.141 e. The van der Waals surface area contributed by atoms with E-state index >= 15 is 0 Å². The highest BCUT2D eigenvalue weighted by molar-refractivity contribution is 7.12. The summed E-state index contributed by atoms with van der Waals surface area (Å²) in [5.74, 6) is 1.44. The minimum Gasteiger partial charge on any atom is -0.141 e. The topological polar surface area (TPSA) is 0 Å². The number of thiophene rings is 1. The van der Waals surface area contributed by atoms with Crippen LogP contribution in [-0.2, 0) is 6.42 Å². The Morgan fingerprint density at radius 2 is 2.12 bits per heavy atom. The van der Waals surface area contributed by atoms with Crippen LogP contribution < -0.4 is 0 Å². The molecule has 1 aromatic heterocycles. The van der Waals surface area contributed by atoms with Gasteiger partial charge < -0.3 is 0 Å². The highest BCUT2D eigenvalue weighted by Gasteiger charge is 2.17. The van der Waals surface area contributed by atoms with Crippen LogP contribution in [-0.4, -0.2) is 5.88 Å². The van der Waals surface area contributed by atoms with Gasteiger partial charge in [0.15, 0.2) is 0 Å². The second-order valence-corrected chi connectivity index (χ2v) is 6.31. The molecule has 17 heavy (non-hydrogen) atoms. The summed E-state index contributed by atoms with van der Waals surface area (Å²) in [6, 6.07) is 4.47. The van der Waals surface area contributed by atoms with Gasteiger partial charge in [-0.05, 0) is 43.4 Å². The van der Waals surface area contributed by atoms with Gasteiger partial charge in [0, 0.05) is 15.6 Å². The molecule has 0 nitrogen and oxygen atoms in total. The standard InChI is InChI=1S/C15H21ClS/c1-2-14-8-9-15(17-14)10-13(11-16)12-6-4-3-5-7-12/h8-10,12H,2-7,11H2,1H3. The molecule has 0 bridgehead atoms. The second kappa shape index (κ2) is 6.61. The summed E-state index contributed by atoms with van der Waals surface area (Å²) in [6.45, 7) is 2.21. The van der Waals surface area contributed by atoms with Gasteiger partial charge in [0.1, 0.15) is 0 Å². The molecule has 1 aromatic rings. The maximum Gasteiger partial charge on any atom is 0.0439 e. The van der Waals surface area contributed by atoms with Crippen LogP contribution in [0.4, 0.5) is 0 Å². The van der Waals surface area contributed by atoms with Gasteiger partial charge in [0.25, 0.3) is 0 Å². The first-order valence-corrected chi connectivity index (χ1v) is 8.03. The van der Waals surface area contributed by atoms with E-state index in [1.807, 2.05) is 11.3 Å². The molecule has 0 N–H and O–H groups in total. The number of allylic oxidation sites excluding steroid dienone is 1. The normalized spacial score (nSPS) is 18.6. The van der Waals surface area contributed by atoms with E-state index in [-0.39, 0.29) is 0 Å². The average molecular weight is 269 g/mol. The second-order valence-electron chi connectivity index (χ2n) is 4.85. The molecule has 94 valence electrons. The lowest BCUT2D eigenvalue weighted by Gasteiger charge is -2.23. The first kappa shape index (κ1) is 13.2. The molecule has 0 aliphatic heterocycles. The molecule has 0 unspecified atom stereocenters. The number of halogens is 1. The Labute approximate surface area is 114 Å². The molecule has 1 saturated carbocycles. The van der Waals surface area contributed by atoms with E-state index in [0.717, 1.165) is 12.3 Å². The fourth-order valence-electron chi connectivity index (χ4n) is 2.58. The molecule has 0 atom stereocenters. The fourth-order valence-corrected chi connectivity index (χ4v) is 3.81. The molecule has 0 aromatic carbocycles. The predicted octanol–water partition coefficient (Wildman–Crippen LogP) is 5.51. The predicted molar refractivity (Wildman–Crippen MR) is 79.0 cm³/mol. The number of hydrogen-bond donors (Lipinski definition) is 0. The lowest BCUT2D eigenvalue weighted by Crippen LogP contribution is -2.10. The average Bonchev–Trinajstić information content (AvgIpc) is 2.84. The zero-order valence-electron chi connectivity index (χ0n) is 10.5. The summed E-state index contributed by atoms with van der Waals surface area (Å²) in [4.78, 5) is 2.84. The Kier molecular flexibility index (Phi) is 5.12. The third kappa shape index (κ3) is 3.59. The number of rotatable bonds is 4. The van der Waals surface area contributed by atoms with Crippen molar-refractivity contribution in [3.8, 4) is 0 Å². The highest BCUT2D eigenvalue weighted by atomic mass is 35.5. The molecule has 0 saturated heterocycles. The van der Waals surface area contributed by atoms with Crippen molar-refractivity contribution in [3.05, 3.63) is 27.5 Å². The van der Waals surface area contributed by atoms with E-state index in [2.05, 4.69) is 25.1 Å². The molecule has 1 heterocycles. The van der Waals surface area contributed by atoms with Crippen molar-refractivity contribution in [2.75, 3.05) is 5.88 Å². The van der Waals surface area contributed by atoms with Crippen LogP contribution in [0.5, 0.6) is 0 Å². The van der Waals surface area contributed by atoms with Gasteiger partial charge in [-0.1, -0.05) is 31.8 Å². The summed E-state index contributed by atoms with van der Waals surface area (Å²) in [5, 5.41) is 0. The first-order chi connectivity index (χ1) is 8.33. The van der Waals surface area contributed by atoms with E-state index in [4.69, 9.17) is 11.6 Å². The minimum atomic E-state index is 0.698. The maximum atomic E-state index is 6.13. The quantitative estimate of drug-likeness (QED) is 0.632. The summed E-state index contributed by atoms with van der Waals surface area (Å²) >= 11 is 8.03. The van der Waals surface area contributed by atoms with Crippen LogP contribution in [0.2, 0.25) is 0 Å². The van der Waals surface area contributed by atoms with Gasteiger partial charge in [0.2, 0.25) is 0 Å². The Hall–Kier alpha value is -0.270. The number of aryl methyl sites for hydroxylation is 1. The van der Waals surface area contributed by atoms with Crippen LogP contribution in [0.15, 0.2) is 17.7 Å². The van der Waals surface area contributed by atoms with E-state index in [1.54, 1.807) is 0 Å². The van der Waals surface area contributed by atoms with Crippen molar-refractivity contribution in [1.82, 2.24) is 0 Å². The van der Waals surface area contributed by atoms with Gasteiger partial charge in [-0.25, -0.2) is 0 Å². The van der Waals surface area contributed by atoms with E-state index in [9.17, 15) is 0 Å². The van der Waals surface area contributed by atoms with Crippen LogP contribution in [0.25, 0.3) is 6.08 Å². The Morgan fingerprint density at radius 3 is 2.71 bits per heavy atom. The van der Waals surface area contributed by atoms with Crippen LogP contribution in [0, 0.1) is 5.92 Å². The Bertz CT molecular complexity index is 372. The SMILES string of the molecule is CCc1ccc(C=C(CCl)C2CCCCC2)s1. The molecule has 1 aliphatic carbocycles. The third-order valence-corrected chi connectivity index (χ3v) is 5.13. The van der Waals surface area contributed by atoms with Crippen molar-refractivity contribution in [3.63, 3.8) is 0 Å². The van der Waals surface area contributed by atoms with Gasteiger partial charge in [-0.15, -0.1) is 22.9 Å². The lowest BCUT2D eigenvalue weighted by molar-refractivity contribution is 0.405. The van der Waals surface area contributed by atoms with Gasteiger partial charge in [0.05, 0.1) is 0 Å². The van der Waals surface area contributed by atoms with Crippen molar-refractivity contribution in [1.29, 1.82) is 0 Å². The van der Waals surface area contributed by atoms with E-state index < -0.39 is 0 Å². The monoisotopic (exact) mass is 268 g/mol. The fraction of sp³-hybridized carbons (Fsp3) is 0.600. The minimum absolute atomic E-state index is 0.698. The van der Waals surface area contributed by atoms with Gasteiger partial charge in [-0.2, -0.15) is 0 Å². The van der Waals surface area contributed by atoms with Crippen LogP contribution in [0.1, 0.15) is 48.8 Å². The third-order valence-electron chi connectivity index (χ3n) is 3.64. The van der Waals surface area contributed by atoms with E-state index in [1.165, 1.54) is 47.4 Å². The summed E-state index contributed by atoms with van der Waals surface area (Å²) in [7, 11) is 0. The van der Waals surface area contributed by atoms with Gasteiger partial charge in [-0.3, -0.25) is 0 Å². The molecule has 1 fully saturated rings. The zero-order chi connectivity index (χ0) is 12.1. The lowest BCUT2D eigenvalue weighted by atomic mass is 9.84. The Morgan fingerprint density at radius 1 is 1.35 bits per heavy atom. The van der Waals surface area contributed by atoms with E-state index in [0.29, 0.717) is 5.88 Å². The number of hydrogen-bond acceptors (Lipinski definition) is 1. The van der Waals surface area contributed by atoms with Crippen molar-refractivity contribution in [2.24, 2.45) is 5.92 Å². The zero-order valence-corrected chi connectivity index (χ0v) is 12.1. The molecule has 0 radical (unpaired) electrons. The molecule has 0 spiro atoms. The highest BCUT2D eigenvalue weighted by Crippen LogP contribution is 2.32. The van der Waals surface area contributed by atoms with Crippen LogP contribution >= 0.6 is 22.9 Å². The molecule has 1 aliphatic rings. The van der Waals surface area contributed by atoms with Gasteiger partial charge >= 0.3 is 0 Å². The molecule has 2 rings (SSSR count). The molecule has 2 heteroatoms. The summed E-state index contributed by atoms with van der Waals surface area (Å²) < 4.78 is 0. The maximum absolute atomic E-state index is 6.13. The molecular formula is C15H21ClS. The Balaban J connectivity index is 2.10. The molecular weight excluding hydrogens is 248 g/mol. The van der Waals surface area contributed by atoms with Crippen molar-refractivity contribution < 1.29 is 0 Å². The first-order valence-electron chi connectivity index (χ1n) is 6.68. The molecule has 0 amide bonds. The van der Waals surface area contributed by atoms with Crippen LogP contribution in [0.3, 0.4) is 0 Å².